The lowest BCUT2D eigenvalue weighted by Crippen LogP contribution is -2.24. The van der Waals surface area contributed by atoms with Crippen LogP contribution >= 0.6 is 0 Å². The van der Waals surface area contributed by atoms with Gasteiger partial charge < -0.3 is 9.47 Å². The zero-order chi connectivity index (χ0) is 20.3. The van der Waals surface area contributed by atoms with Crippen LogP contribution in [0.15, 0.2) is 24.4 Å². The molecule has 1 N–H and O–H groups in total. The average Bonchev–Trinajstić information content (AvgIpc) is 2.72. The summed E-state index contributed by atoms with van der Waals surface area (Å²) in [7, 11) is 3.17. The van der Waals surface area contributed by atoms with Crippen molar-refractivity contribution in [2.75, 3.05) is 19.5 Å². The first-order valence-corrected chi connectivity index (χ1v) is 9.38. The lowest BCUT2D eigenvalue weighted by Gasteiger charge is -2.24. The SMILES string of the molecule is CCC(C)C(=O)Nc1ncc2c(n1)CC(c1ccc(OC)c(OC)c1)CC2=O. The van der Waals surface area contributed by atoms with Crippen molar-refractivity contribution in [2.45, 2.75) is 39.0 Å². The molecule has 28 heavy (non-hydrogen) atoms. The Morgan fingerprint density at radius 2 is 2.00 bits per heavy atom. The zero-order valence-corrected chi connectivity index (χ0v) is 16.6. The Balaban J connectivity index is 1.86. The number of rotatable bonds is 6. The Labute approximate surface area is 164 Å². The van der Waals surface area contributed by atoms with Crippen molar-refractivity contribution in [3.8, 4) is 11.5 Å². The number of amides is 1. The van der Waals surface area contributed by atoms with Crippen molar-refractivity contribution in [1.29, 1.82) is 0 Å². The number of benzene rings is 1. The third-order valence-electron chi connectivity index (χ3n) is 5.21. The number of methoxy groups -OCH3 is 2. The number of ketones is 1. The second-order valence-electron chi connectivity index (χ2n) is 7.00. The summed E-state index contributed by atoms with van der Waals surface area (Å²) in [6, 6.07) is 5.68. The number of carbonyl (C=O) groups is 2. The van der Waals surface area contributed by atoms with Crippen LogP contribution in [0, 0.1) is 5.92 Å². The number of fused-ring (bicyclic) bond motifs is 1. The number of nitrogens with one attached hydrogen (secondary N) is 1. The first-order valence-electron chi connectivity index (χ1n) is 9.38. The quantitative estimate of drug-likeness (QED) is 0.822. The zero-order valence-electron chi connectivity index (χ0n) is 16.6. The molecule has 7 nitrogen and oxygen atoms in total. The van der Waals surface area contributed by atoms with Gasteiger partial charge in [-0.15, -0.1) is 0 Å². The van der Waals surface area contributed by atoms with Gasteiger partial charge >= 0.3 is 0 Å². The molecule has 1 aromatic heterocycles. The summed E-state index contributed by atoms with van der Waals surface area (Å²) in [4.78, 5) is 33.3. The molecule has 2 aromatic rings. The van der Waals surface area contributed by atoms with Crippen molar-refractivity contribution in [1.82, 2.24) is 9.97 Å². The van der Waals surface area contributed by atoms with Crippen LogP contribution in [-0.2, 0) is 11.2 Å². The summed E-state index contributed by atoms with van der Waals surface area (Å²) < 4.78 is 10.7. The minimum Gasteiger partial charge on any atom is -0.493 e. The lowest BCUT2D eigenvalue weighted by molar-refractivity contribution is -0.119. The maximum Gasteiger partial charge on any atom is 0.229 e. The number of Topliss-reactive ketones (excluding diaryl/α,β-unsaturated/α-hetero) is 1. The van der Waals surface area contributed by atoms with Gasteiger partial charge in [0.15, 0.2) is 17.3 Å². The average molecular weight is 383 g/mol. The van der Waals surface area contributed by atoms with Gasteiger partial charge in [-0.05, 0) is 36.5 Å². The number of aromatic nitrogens is 2. The van der Waals surface area contributed by atoms with E-state index in [0.29, 0.717) is 35.6 Å². The third kappa shape index (κ3) is 3.98. The van der Waals surface area contributed by atoms with Crippen molar-refractivity contribution < 1.29 is 19.1 Å². The summed E-state index contributed by atoms with van der Waals surface area (Å²) in [5.41, 5.74) is 2.17. The Hall–Kier alpha value is -2.96. The van der Waals surface area contributed by atoms with Gasteiger partial charge in [-0.2, -0.15) is 0 Å². The molecule has 1 aliphatic rings. The molecule has 3 rings (SSSR count). The topological polar surface area (TPSA) is 90.4 Å². The highest BCUT2D eigenvalue weighted by Gasteiger charge is 2.29. The van der Waals surface area contributed by atoms with Crippen LogP contribution in [-0.4, -0.2) is 35.9 Å². The number of nitrogens with zero attached hydrogens (tertiary/aromatic N) is 2. The second-order valence-corrected chi connectivity index (χ2v) is 7.00. The van der Waals surface area contributed by atoms with E-state index in [9.17, 15) is 9.59 Å². The number of carbonyl (C=O) groups excluding carboxylic acids is 2. The lowest BCUT2D eigenvalue weighted by atomic mass is 9.82. The van der Waals surface area contributed by atoms with E-state index in [4.69, 9.17) is 9.47 Å². The summed E-state index contributed by atoms with van der Waals surface area (Å²) in [5, 5.41) is 2.74. The smallest absolute Gasteiger partial charge is 0.229 e. The molecule has 2 atom stereocenters. The van der Waals surface area contributed by atoms with E-state index in [1.54, 1.807) is 14.2 Å². The van der Waals surface area contributed by atoms with Crippen LogP contribution in [0.4, 0.5) is 5.95 Å². The summed E-state index contributed by atoms with van der Waals surface area (Å²) in [6.07, 6.45) is 3.22. The first kappa shape index (κ1) is 19.8. The molecule has 0 spiro atoms. The van der Waals surface area contributed by atoms with Gasteiger partial charge in [-0.1, -0.05) is 19.9 Å². The standard InChI is InChI=1S/C21H25N3O4/c1-5-12(2)20(26)24-21-22-11-15-16(23-21)8-14(9-17(15)25)13-6-7-18(27-3)19(10-13)28-4/h6-7,10-12,14H,5,8-9H2,1-4H3,(H,22,23,24,26). The van der Waals surface area contributed by atoms with Gasteiger partial charge in [0.05, 0.1) is 25.5 Å². The molecule has 0 aliphatic heterocycles. The van der Waals surface area contributed by atoms with Crippen molar-refractivity contribution in [3.05, 3.63) is 41.2 Å². The molecule has 0 saturated heterocycles. The summed E-state index contributed by atoms with van der Waals surface area (Å²) in [5.74, 6) is 1.24. The molecule has 148 valence electrons. The van der Waals surface area contributed by atoms with Gasteiger partial charge in [0.2, 0.25) is 11.9 Å². The molecule has 1 heterocycles. The highest BCUT2D eigenvalue weighted by atomic mass is 16.5. The molecule has 1 aliphatic carbocycles. The van der Waals surface area contributed by atoms with E-state index in [1.165, 1.54) is 6.20 Å². The van der Waals surface area contributed by atoms with Crippen LogP contribution in [0.5, 0.6) is 11.5 Å². The Morgan fingerprint density at radius 1 is 1.25 bits per heavy atom. The monoisotopic (exact) mass is 383 g/mol. The van der Waals surface area contributed by atoms with Crippen LogP contribution in [0.1, 0.15) is 54.2 Å². The molecule has 1 amide bonds. The highest BCUT2D eigenvalue weighted by molar-refractivity contribution is 5.99. The maximum atomic E-state index is 12.6. The minimum absolute atomic E-state index is 0.000776. The molecular weight excluding hydrogens is 358 g/mol. The van der Waals surface area contributed by atoms with Gasteiger partial charge in [0, 0.05) is 18.5 Å². The van der Waals surface area contributed by atoms with Crippen molar-refractivity contribution in [2.24, 2.45) is 5.92 Å². The van der Waals surface area contributed by atoms with E-state index < -0.39 is 0 Å². The fourth-order valence-corrected chi connectivity index (χ4v) is 3.27. The number of ether oxygens (including phenoxy) is 2. The van der Waals surface area contributed by atoms with Crippen LogP contribution < -0.4 is 14.8 Å². The number of hydrogen-bond donors (Lipinski definition) is 1. The fraction of sp³-hybridized carbons (Fsp3) is 0.429. The Morgan fingerprint density at radius 3 is 2.68 bits per heavy atom. The van der Waals surface area contributed by atoms with Crippen LogP contribution in [0.3, 0.4) is 0 Å². The van der Waals surface area contributed by atoms with Crippen molar-refractivity contribution >= 4 is 17.6 Å². The molecule has 0 radical (unpaired) electrons. The maximum absolute atomic E-state index is 12.6. The Bertz CT molecular complexity index is 897. The second kappa shape index (κ2) is 8.37. The normalized spacial score (nSPS) is 16.9. The molecule has 7 heteroatoms. The van der Waals surface area contributed by atoms with Gasteiger partial charge in [0.25, 0.3) is 0 Å². The molecule has 2 unspecified atom stereocenters. The largest absolute Gasteiger partial charge is 0.493 e. The van der Waals surface area contributed by atoms with Crippen LogP contribution in [0.2, 0.25) is 0 Å². The van der Waals surface area contributed by atoms with Crippen molar-refractivity contribution in [3.63, 3.8) is 0 Å². The van der Waals surface area contributed by atoms with Gasteiger partial charge in [0.1, 0.15) is 0 Å². The summed E-state index contributed by atoms with van der Waals surface area (Å²) >= 11 is 0. The molecule has 0 fully saturated rings. The third-order valence-corrected chi connectivity index (χ3v) is 5.21. The number of anilines is 1. The van der Waals surface area contributed by atoms with E-state index >= 15 is 0 Å². The van der Waals surface area contributed by atoms with Gasteiger partial charge in [-0.3, -0.25) is 14.9 Å². The predicted octanol–water partition coefficient (Wildman–Crippen LogP) is 3.39. The van der Waals surface area contributed by atoms with E-state index in [2.05, 4.69) is 15.3 Å². The molecule has 0 bridgehead atoms. The molecular formula is C21H25N3O4. The van der Waals surface area contributed by atoms with E-state index in [-0.39, 0.29) is 29.5 Å². The predicted molar refractivity (Wildman–Crippen MR) is 105 cm³/mol. The summed E-state index contributed by atoms with van der Waals surface area (Å²) in [6.45, 7) is 3.80. The fourth-order valence-electron chi connectivity index (χ4n) is 3.27. The number of hydrogen-bond acceptors (Lipinski definition) is 6. The highest BCUT2D eigenvalue weighted by Crippen LogP contribution is 2.36. The molecule has 1 aromatic carbocycles. The van der Waals surface area contributed by atoms with E-state index in [1.807, 2.05) is 32.0 Å². The first-order chi connectivity index (χ1) is 13.5. The van der Waals surface area contributed by atoms with E-state index in [0.717, 1.165) is 12.0 Å². The molecule has 0 saturated carbocycles. The minimum atomic E-state index is -0.124. The van der Waals surface area contributed by atoms with Crippen LogP contribution in [0.25, 0.3) is 0 Å². The Kier molecular flexibility index (Phi) is 5.92. The van der Waals surface area contributed by atoms with Gasteiger partial charge in [-0.25, -0.2) is 9.97 Å².